The highest BCUT2D eigenvalue weighted by atomic mass is 32.2. The first-order valence-corrected chi connectivity index (χ1v) is 8.10. The van der Waals surface area contributed by atoms with Gasteiger partial charge in [0.05, 0.1) is 11.2 Å². The van der Waals surface area contributed by atoms with Crippen LogP contribution in [-0.2, 0) is 10.0 Å². The molecule has 0 aliphatic rings. The lowest BCUT2D eigenvalue weighted by Crippen LogP contribution is -2.33. The molecule has 1 heterocycles. The maximum Gasteiger partial charge on any atom is 0.251 e. The molecular formula is C11H20N2O3S2. The van der Waals surface area contributed by atoms with Crippen molar-refractivity contribution < 1.29 is 13.5 Å². The number of aliphatic hydroxyl groups excluding tert-OH is 1. The molecule has 0 saturated heterocycles. The number of nitrogens with zero attached hydrogens (tertiary/aromatic N) is 1. The van der Waals surface area contributed by atoms with Crippen LogP contribution in [0.15, 0.2) is 10.4 Å². The van der Waals surface area contributed by atoms with Crippen LogP contribution in [0.1, 0.15) is 31.7 Å². The number of sulfonamides is 1. The molecule has 0 spiro atoms. The predicted octanol–water partition coefficient (Wildman–Crippen LogP) is 1.53. The fourth-order valence-corrected chi connectivity index (χ4v) is 3.87. The van der Waals surface area contributed by atoms with Crippen molar-refractivity contribution in [2.75, 3.05) is 13.2 Å². The van der Waals surface area contributed by atoms with Gasteiger partial charge < -0.3 is 5.11 Å². The second-order valence-electron chi connectivity index (χ2n) is 5.01. The van der Waals surface area contributed by atoms with Gasteiger partial charge in [0, 0.05) is 13.2 Å². The van der Waals surface area contributed by atoms with Crippen molar-refractivity contribution in [3.05, 3.63) is 11.2 Å². The highest BCUT2D eigenvalue weighted by Crippen LogP contribution is 2.23. The van der Waals surface area contributed by atoms with Gasteiger partial charge in [0.25, 0.3) is 10.0 Å². The van der Waals surface area contributed by atoms with E-state index in [0.29, 0.717) is 13.0 Å². The third-order valence-corrected chi connectivity index (χ3v) is 5.39. The molecule has 0 bridgehead atoms. The van der Waals surface area contributed by atoms with Gasteiger partial charge in [-0.05, 0) is 25.2 Å². The Kier molecular flexibility index (Phi) is 5.27. The Morgan fingerprint density at radius 2 is 2.17 bits per heavy atom. The highest BCUT2D eigenvalue weighted by molar-refractivity contribution is 7.91. The molecule has 0 unspecified atom stereocenters. The molecule has 0 aromatic carbocycles. The molecule has 0 saturated carbocycles. The number of rotatable bonds is 7. The van der Waals surface area contributed by atoms with Crippen molar-refractivity contribution in [1.29, 1.82) is 0 Å². The molecule has 5 nitrogen and oxygen atoms in total. The minimum atomic E-state index is -3.45. The van der Waals surface area contributed by atoms with E-state index in [-0.39, 0.29) is 16.2 Å². The first kappa shape index (κ1) is 15.6. The fraction of sp³-hybridized carbons (Fsp3) is 0.727. The summed E-state index contributed by atoms with van der Waals surface area (Å²) in [5.74, 6) is 0. The van der Waals surface area contributed by atoms with Gasteiger partial charge in [-0.3, -0.25) is 0 Å². The number of thiazole rings is 1. The van der Waals surface area contributed by atoms with Gasteiger partial charge >= 0.3 is 0 Å². The summed E-state index contributed by atoms with van der Waals surface area (Å²) in [5, 5.41) is 9.52. The largest absolute Gasteiger partial charge is 0.396 e. The third-order valence-electron chi connectivity index (χ3n) is 2.62. The maximum atomic E-state index is 12.0. The standard InChI is InChI=1S/C11H20N2O3S2/c1-9-12-7-10(17-9)18(15,16)13-8-11(2,3)5-4-6-14/h7,13-14H,4-6,8H2,1-3H3. The first-order chi connectivity index (χ1) is 8.27. The Bertz CT molecular complexity index is 480. The molecule has 0 aliphatic carbocycles. The third kappa shape index (κ3) is 4.64. The highest BCUT2D eigenvalue weighted by Gasteiger charge is 2.23. The van der Waals surface area contributed by atoms with E-state index in [2.05, 4.69) is 9.71 Å². The molecule has 1 aromatic heterocycles. The summed E-state index contributed by atoms with van der Waals surface area (Å²) < 4.78 is 26.8. The van der Waals surface area contributed by atoms with E-state index in [9.17, 15) is 8.42 Å². The van der Waals surface area contributed by atoms with Crippen LogP contribution in [0.5, 0.6) is 0 Å². The van der Waals surface area contributed by atoms with E-state index in [1.807, 2.05) is 13.8 Å². The molecule has 7 heteroatoms. The zero-order valence-electron chi connectivity index (χ0n) is 10.9. The van der Waals surface area contributed by atoms with E-state index in [4.69, 9.17) is 5.11 Å². The molecule has 0 radical (unpaired) electrons. The Morgan fingerprint density at radius 3 is 2.67 bits per heavy atom. The molecule has 1 rings (SSSR count). The zero-order valence-corrected chi connectivity index (χ0v) is 12.6. The average molecular weight is 292 g/mol. The fourth-order valence-electron chi connectivity index (χ4n) is 1.47. The van der Waals surface area contributed by atoms with E-state index in [0.717, 1.165) is 22.8 Å². The summed E-state index contributed by atoms with van der Waals surface area (Å²) in [7, 11) is -3.45. The zero-order chi connectivity index (χ0) is 13.8. The van der Waals surface area contributed by atoms with Crippen LogP contribution < -0.4 is 4.72 Å². The van der Waals surface area contributed by atoms with Crippen LogP contribution in [0, 0.1) is 12.3 Å². The van der Waals surface area contributed by atoms with Crippen LogP contribution in [0.4, 0.5) is 0 Å². The number of nitrogens with one attached hydrogen (secondary N) is 1. The molecule has 18 heavy (non-hydrogen) atoms. The Labute approximate surface area is 112 Å². The van der Waals surface area contributed by atoms with Crippen LogP contribution in [0.2, 0.25) is 0 Å². The lowest BCUT2D eigenvalue weighted by Gasteiger charge is -2.24. The van der Waals surface area contributed by atoms with Gasteiger partial charge in [0.2, 0.25) is 0 Å². The summed E-state index contributed by atoms with van der Waals surface area (Å²) in [5.41, 5.74) is -0.171. The number of aryl methyl sites for hydroxylation is 1. The van der Waals surface area contributed by atoms with Gasteiger partial charge in [0.15, 0.2) is 4.21 Å². The molecule has 0 amide bonds. The normalized spacial score (nSPS) is 12.9. The van der Waals surface area contributed by atoms with E-state index >= 15 is 0 Å². The van der Waals surface area contributed by atoms with Crippen molar-refractivity contribution in [2.24, 2.45) is 5.41 Å². The molecule has 0 atom stereocenters. The van der Waals surface area contributed by atoms with E-state index in [1.165, 1.54) is 6.20 Å². The first-order valence-electron chi connectivity index (χ1n) is 5.80. The minimum absolute atomic E-state index is 0.129. The second-order valence-corrected chi connectivity index (χ2v) is 8.24. The van der Waals surface area contributed by atoms with E-state index in [1.54, 1.807) is 6.92 Å². The van der Waals surface area contributed by atoms with Gasteiger partial charge in [-0.25, -0.2) is 18.1 Å². The molecule has 1 aromatic rings. The summed E-state index contributed by atoms with van der Waals surface area (Å²) >= 11 is 1.16. The minimum Gasteiger partial charge on any atom is -0.396 e. The summed E-state index contributed by atoms with van der Waals surface area (Å²) in [6.07, 6.45) is 2.82. The molecule has 104 valence electrons. The van der Waals surface area contributed by atoms with Gasteiger partial charge in [-0.15, -0.1) is 11.3 Å². The van der Waals surface area contributed by atoms with Crippen molar-refractivity contribution in [3.63, 3.8) is 0 Å². The van der Waals surface area contributed by atoms with Crippen LogP contribution >= 0.6 is 11.3 Å². The molecule has 0 aliphatic heterocycles. The van der Waals surface area contributed by atoms with Gasteiger partial charge in [0.1, 0.15) is 0 Å². The summed E-state index contributed by atoms with van der Waals surface area (Å²) in [6.45, 7) is 6.21. The van der Waals surface area contributed by atoms with Crippen molar-refractivity contribution in [3.8, 4) is 0 Å². The number of hydrogen-bond donors (Lipinski definition) is 2. The van der Waals surface area contributed by atoms with Crippen LogP contribution in [0.25, 0.3) is 0 Å². The monoisotopic (exact) mass is 292 g/mol. The Balaban J connectivity index is 2.62. The lowest BCUT2D eigenvalue weighted by molar-refractivity contribution is 0.242. The second kappa shape index (κ2) is 6.10. The summed E-state index contributed by atoms with van der Waals surface area (Å²) in [4.78, 5) is 3.94. The summed E-state index contributed by atoms with van der Waals surface area (Å²) in [6, 6.07) is 0. The maximum absolute atomic E-state index is 12.0. The van der Waals surface area contributed by atoms with E-state index < -0.39 is 10.0 Å². The average Bonchev–Trinajstić information content (AvgIpc) is 2.72. The van der Waals surface area contributed by atoms with Crippen molar-refractivity contribution >= 4 is 21.4 Å². The topological polar surface area (TPSA) is 79.3 Å². The molecular weight excluding hydrogens is 272 g/mol. The number of aromatic nitrogens is 1. The quantitative estimate of drug-likeness (QED) is 0.799. The van der Waals surface area contributed by atoms with Crippen LogP contribution in [0.3, 0.4) is 0 Å². The smallest absolute Gasteiger partial charge is 0.251 e. The van der Waals surface area contributed by atoms with Gasteiger partial charge in [-0.2, -0.15) is 0 Å². The van der Waals surface area contributed by atoms with Crippen molar-refractivity contribution in [1.82, 2.24) is 9.71 Å². The molecule has 0 fully saturated rings. The molecule has 2 N–H and O–H groups in total. The Hall–Kier alpha value is -0.500. The van der Waals surface area contributed by atoms with Crippen molar-refractivity contribution in [2.45, 2.75) is 37.8 Å². The Morgan fingerprint density at radius 1 is 1.50 bits per heavy atom. The SMILES string of the molecule is Cc1ncc(S(=O)(=O)NCC(C)(C)CCCO)s1. The van der Waals surface area contributed by atoms with Gasteiger partial charge in [-0.1, -0.05) is 13.8 Å². The predicted molar refractivity (Wildman–Crippen MR) is 72.1 cm³/mol. The van der Waals surface area contributed by atoms with Crippen LogP contribution in [-0.4, -0.2) is 31.7 Å². The number of aliphatic hydroxyl groups is 1. The number of hydrogen-bond acceptors (Lipinski definition) is 5. The lowest BCUT2D eigenvalue weighted by atomic mass is 9.88.